The van der Waals surface area contributed by atoms with E-state index < -0.39 is 0 Å². The van der Waals surface area contributed by atoms with E-state index in [1.54, 1.807) is 11.8 Å². The predicted molar refractivity (Wildman–Crippen MR) is 66.0 cm³/mol. The Morgan fingerprint density at radius 3 is 2.81 bits per heavy atom. The fraction of sp³-hybridized carbons (Fsp3) is 0.900. The Morgan fingerprint density at radius 1 is 1.25 bits per heavy atom. The number of aromatic nitrogens is 4. The molecule has 0 bridgehead atoms. The van der Waals surface area contributed by atoms with Crippen molar-refractivity contribution < 1.29 is 0 Å². The van der Waals surface area contributed by atoms with E-state index in [0.717, 1.165) is 23.2 Å². The minimum Gasteiger partial charge on any atom is -0.217 e. The van der Waals surface area contributed by atoms with Crippen molar-refractivity contribution in [2.24, 2.45) is 0 Å². The Labute approximate surface area is 105 Å². The molecule has 16 heavy (non-hydrogen) atoms. The number of tetrazole rings is 1. The van der Waals surface area contributed by atoms with Gasteiger partial charge < -0.3 is 0 Å². The van der Waals surface area contributed by atoms with Gasteiger partial charge in [0.25, 0.3) is 0 Å². The quantitative estimate of drug-likeness (QED) is 0.410. The molecule has 0 unspecified atom stereocenters. The Bertz CT molecular complexity index is 314. The van der Waals surface area contributed by atoms with E-state index >= 15 is 0 Å². The number of hydrogen-bond donors (Lipinski definition) is 0. The molecule has 0 amide bonds. The number of rotatable bonds is 8. The van der Waals surface area contributed by atoms with E-state index in [1.165, 1.54) is 32.1 Å². The molecule has 0 N–H and O–H groups in total. The van der Waals surface area contributed by atoms with Crippen LogP contribution in [-0.4, -0.2) is 31.8 Å². The molecule has 0 atom stereocenters. The van der Waals surface area contributed by atoms with Crippen molar-refractivity contribution in [1.29, 1.82) is 0 Å². The van der Waals surface area contributed by atoms with Crippen molar-refractivity contribution in [2.45, 2.75) is 49.7 Å². The fourth-order valence-electron chi connectivity index (χ4n) is 1.54. The summed E-state index contributed by atoms with van der Waals surface area (Å²) >= 11 is 7.40. The molecule has 0 spiro atoms. The second-order valence-corrected chi connectivity index (χ2v) is 5.53. The largest absolute Gasteiger partial charge is 0.217 e. The Balaban J connectivity index is 1.63. The third kappa shape index (κ3) is 3.63. The summed E-state index contributed by atoms with van der Waals surface area (Å²) in [4.78, 5) is 0. The lowest BCUT2D eigenvalue weighted by atomic mass is 10.2. The van der Waals surface area contributed by atoms with E-state index in [0.29, 0.717) is 6.04 Å². The lowest BCUT2D eigenvalue weighted by molar-refractivity contribution is 0.565. The smallest absolute Gasteiger partial charge is 0.209 e. The van der Waals surface area contributed by atoms with Gasteiger partial charge >= 0.3 is 0 Å². The summed E-state index contributed by atoms with van der Waals surface area (Å²) in [5.74, 6) is 1.89. The number of halogens is 1. The van der Waals surface area contributed by atoms with Gasteiger partial charge in [-0.15, -0.1) is 16.7 Å². The van der Waals surface area contributed by atoms with Crippen LogP contribution in [0.2, 0.25) is 0 Å². The summed E-state index contributed by atoms with van der Waals surface area (Å²) in [6, 6.07) is 0.578. The third-order valence-corrected chi connectivity index (χ3v) is 3.90. The minimum atomic E-state index is 0.578. The van der Waals surface area contributed by atoms with Crippen LogP contribution < -0.4 is 0 Å². The van der Waals surface area contributed by atoms with Gasteiger partial charge in [0.05, 0.1) is 6.04 Å². The van der Waals surface area contributed by atoms with Crippen LogP contribution in [0.4, 0.5) is 0 Å². The number of thioether (sulfide) groups is 1. The van der Waals surface area contributed by atoms with E-state index in [9.17, 15) is 0 Å². The van der Waals surface area contributed by atoms with E-state index in [1.807, 2.05) is 4.68 Å². The molecule has 1 heterocycles. The SMILES string of the molecule is ClCCCCCCSc1nnnn1C1CC1. The zero-order valence-electron chi connectivity index (χ0n) is 9.31. The molecule has 0 aliphatic heterocycles. The molecular formula is C10H17ClN4S. The number of nitrogens with zero attached hydrogens (tertiary/aromatic N) is 4. The summed E-state index contributed by atoms with van der Waals surface area (Å²) in [6.07, 6.45) is 7.30. The Kier molecular flexibility index (Phi) is 4.91. The number of hydrogen-bond acceptors (Lipinski definition) is 4. The van der Waals surface area contributed by atoms with Gasteiger partial charge in [-0.25, -0.2) is 4.68 Å². The average Bonchev–Trinajstić information content (AvgIpc) is 3.04. The van der Waals surface area contributed by atoms with Gasteiger partial charge in [0.15, 0.2) is 0 Å². The van der Waals surface area contributed by atoms with Crippen molar-refractivity contribution in [2.75, 3.05) is 11.6 Å². The van der Waals surface area contributed by atoms with E-state index in [2.05, 4.69) is 15.5 Å². The molecule has 1 aliphatic rings. The molecule has 6 heteroatoms. The van der Waals surface area contributed by atoms with Crippen molar-refractivity contribution in [3.05, 3.63) is 0 Å². The maximum absolute atomic E-state index is 5.62. The fourth-order valence-corrected chi connectivity index (χ4v) is 2.67. The summed E-state index contributed by atoms with van der Waals surface area (Å²) in [6.45, 7) is 0. The maximum atomic E-state index is 5.62. The van der Waals surface area contributed by atoms with Crippen molar-refractivity contribution in [1.82, 2.24) is 20.2 Å². The summed E-state index contributed by atoms with van der Waals surface area (Å²) < 4.78 is 1.98. The van der Waals surface area contributed by atoms with Crippen molar-refractivity contribution in [3.63, 3.8) is 0 Å². The Hall–Kier alpha value is -0.290. The highest BCUT2D eigenvalue weighted by molar-refractivity contribution is 7.99. The first-order valence-corrected chi connectivity index (χ1v) is 7.40. The van der Waals surface area contributed by atoms with Crippen LogP contribution in [0.3, 0.4) is 0 Å². The van der Waals surface area contributed by atoms with Crippen molar-refractivity contribution >= 4 is 23.4 Å². The second kappa shape index (κ2) is 6.45. The van der Waals surface area contributed by atoms with Gasteiger partial charge in [-0.1, -0.05) is 24.6 Å². The van der Waals surface area contributed by atoms with Crippen LogP contribution in [0.15, 0.2) is 5.16 Å². The number of unbranched alkanes of at least 4 members (excludes halogenated alkanes) is 3. The standard InChI is InChI=1S/C10H17ClN4S/c11-7-3-1-2-4-8-16-10-12-13-14-15(10)9-5-6-9/h9H,1-8H2. The molecule has 1 aromatic rings. The lowest BCUT2D eigenvalue weighted by Crippen LogP contribution is -1.99. The first kappa shape index (κ1) is 12.2. The molecule has 1 aliphatic carbocycles. The first-order chi connectivity index (χ1) is 7.92. The molecule has 0 aromatic carbocycles. The first-order valence-electron chi connectivity index (χ1n) is 5.88. The Morgan fingerprint density at radius 2 is 2.06 bits per heavy atom. The monoisotopic (exact) mass is 260 g/mol. The van der Waals surface area contributed by atoms with Crippen LogP contribution >= 0.6 is 23.4 Å². The van der Waals surface area contributed by atoms with E-state index in [-0.39, 0.29) is 0 Å². The van der Waals surface area contributed by atoms with Gasteiger partial charge in [0.2, 0.25) is 5.16 Å². The van der Waals surface area contributed by atoms with E-state index in [4.69, 9.17) is 11.6 Å². The van der Waals surface area contributed by atoms with Crippen LogP contribution in [0, 0.1) is 0 Å². The molecule has 2 rings (SSSR count). The van der Waals surface area contributed by atoms with Crippen LogP contribution in [-0.2, 0) is 0 Å². The van der Waals surface area contributed by atoms with Crippen LogP contribution in [0.1, 0.15) is 44.6 Å². The molecule has 4 nitrogen and oxygen atoms in total. The topological polar surface area (TPSA) is 43.6 Å². The normalized spacial score (nSPS) is 15.6. The summed E-state index contributed by atoms with van der Waals surface area (Å²) in [5.41, 5.74) is 0. The molecule has 90 valence electrons. The molecule has 1 saturated carbocycles. The van der Waals surface area contributed by atoms with Gasteiger partial charge in [-0.05, 0) is 36.1 Å². The number of alkyl halides is 1. The van der Waals surface area contributed by atoms with Gasteiger partial charge in [0, 0.05) is 11.6 Å². The van der Waals surface area contributed by atoms with Crippen molar-refractivity contribution in [3.8, 4) is 0 Å². The summed E-state index contributed by atoms with van der Waals surface area (Å²) in [7, 11) is 0. The maximum Gasteiger partial charge on any atom is 0.209 e. The van der Waals surface area contributed by atoms with Gasteiger partial charge in [0.1, 0.15) is 0 Å². The van der Waals surface area contributed by atoms with Gasteiger partial charge in [-0.3, -0.25) is 0 Å². The highest BCUT2D eigenvalue weighted by Crippen LogP contribution is 2.36. The van der Waals surface area contributed by atoms with Gasteiger partial charge in [-0.2, -0.15) is 0 Å². The second-order valence-electron chi connectivity index (χ2n) is 4.09. The van der Waals surface area contributed by atoms with Crippen LogP contribution in [0.5, 0.6) is 0 Å². The lowest BCUT2D eigenvalue weighted by Gasteiger charge is -2.01. The molecular weight excluding hydrogens is 244 g/mol. The molecule has 0 saturated heterocycles. The predicted octanol–water partition coefficient (Wildman–Crippen LogP) is 2.90. The average molecular weight is 261 g/mol. The summed E-state index contributed by atoms with van der Waals surface area (Å²) in [5, 5.41) is 12.8. The molecule has 1 fully saturated rings. The highest BCUT2D eigenvalue weighted by Gasteiger charge is 2.27. The zero-order valence-corrected chi connectivity index (χ0v) is 10.9. The molecule has 0 radical (unpaired) electrons. The zero-order chi connectivity index (χ0) is 11.2. The molecule has 1 aromatic heterocycles. The third-order valence-electron chi connectivity index (χ3n) is 2.61. The van der Waals surface area contributed by atoms with Crippen LogP contribution in [0.25, 0.3) is 0 Å². The minimum absolute atomic E-state index is 0.578. The highest BCUT2D eigenvalue weighted by atomic mass is 35.5.